The number of nitrogens with one attached hydrogen (secondary N) is 1. The molecule has 0 amide bonds. The number of imidazole rings is 1. The van der Waals surface area contributed by atoms with Gasteiger partial charge in [0.15, 0.2) is 0 Å². The lowest BCUT2D eigenvalue weighted by Crippen LogP contribution is -2.14. The Morgan fingerprint density at radius 2 is 2.12 bits per heavy atom. The number of aromatic nitrogens is 6. The molecular formula is C17H25N7O. The summed E-state index contributed by atoms with van der Waals surface area (Å²) in [4.78, 5) is 10.3. The van der Waals surface area contributed by atoms with Crippen molar-refractivity contribution in [3.05, 3.63) is 29.4 Å². The number of aryl methyl sites for hydroxylation is 4. The van der Waals surface area contributed by atoms with Crippen molar-refractivity contribution in [3.8, 4) is 0 Å². The molecule has 3 heterocycles. The molecule has 0 saturated heterocycles. The zero-order valence-corrected chi connectivity index (χ0v) is 15.3. The zero-order valence-electron chi connectivity index (χ0n) is 15.3. The average molecular weight is 343 g/mol. The maximum atomic E-state index is 5.40. The number of hydrogen-bond donors (Lipinski definition) is 1. The summed E-state index contributed by atoms with van der Waals surface area (Å²) in [5, 5.41) is 12.1. The van der Waals surface area contributed by atoms with E-state index in [1.54, 1.807) is 4.52 Å². The van der Waals surface area contributed by atoms with E-state index in [-0.39, 0.29) is 0 Å². The maximum absolute atomic E-state index is 5.40. The highest BCUT2D eigenvalue weighted by molar-refractivity contribution is 5.91. The summed E-state index contributed by atoms with van der Waals surface area (Å²) in [6.07, 6.45) is 2.83. The van der Waals surface area contributed by atoms with E-state index in [4.69, 9.17) is 9.82 Å². The SMILES string of the molecule is C=C(C)NOCCCn1c(CCC)nc2c1c(C)c(C)n1nnnc21. The van der Waals surface area contributed by atoms with E-state index in [9.17, 15) is 0 Å². The Morgan fingerprint density at radius 3 is 2.84 bits per heavy atom. The Labute approximate surface area is 146 Å². The van der Waals surface area contributed by atoms with E-state index in [1.165, 1.54) is 0 Å². The second kappa shape index (κ2) is 7.18. The molecule has 0 fully saturated rings. The van der Waals surface area contributed by atoms with Gasteiger partial charge in [-0.05, 0) is 49.6 Å². The molecule has 0 atom stereocenters. The third-order valence-electron chi connectivity index (χ3n) is 4.29. The van der Waals surface area contributed by atoms with Crippen molar-refractivity contribution >= 4 is 16.7 Å². The Hall–Kier alpha value is -2.48. The molecule has 0 radical (unpaired) electrons. The zero-order chi connectivity index (χ0) is 18.0. The summed E-state index contributed by atoms with van der Waals surface area (Å²) in [6.45, 7) is 13.4. The van der Waals surface area contributed by atoms with Crippen molar-refractivity contribution in [2.45, 2.75) is 53.5 Å². The Kier molecular flexibility index (Phi) is 4.98. The van der Waals surface area contributed by atoms with E-state index in [0.29, 0.717) is 6.61 Å². The first-order valence-electron chi connectivity index (χ1n) is 8.64. The van der Waals surface area contributed by atoms with Gasteiger partial charge in [0, 0.05) is 24.4 Å². The number of fused-ring (bicyclic) bond motifs is 3. The van der Waals surface area contributed by atoms with Crippen LogP contribution in [0.5, 0.6) is 0 Å². The van der Waals surface area contributed by atoms with Gasteiger partial charge in [0.1, 0.15) is 11.3 Å². The standard InChI is InChI=1S/C17H25N7O/c1-6-8-14-18-15-16(23(14)9-7-10-25-20-11(2)3)12(4)13(5)24-17(15)19-21-22-24/h20H,2,6-10H2,1,3-5H3. The summed E-state index contributed by atoms with van der Waals surface area (Å²) in [5.41, 5.74) is 8.50. The Balaban J connectivity index is 1.98. The second-order valence-electron chi connectivity index (χ2n) is 6.34. The number of tetrazole rings is 1. The smallest absolute Gasteiger partial charge is 0.207 e. The first kappa shape index (κ1) is 17.3. The highest BCUT2D eigenvalue weighted by atomic mass is 16.6. The molecule has 0 aliphatic rings. The van der Waals surface area contributed by atoms with Crippen LogP contribution in [0.2, 0.25) is 0 Å². The third-order valence-corrected chi connectivity index (χ3v) is 4.29. The van der Waals surface area contributed by atoms with Gasteiger partial charge in [-0.1, -0.05) is 13.5 Å². The fourth-order valence-corrected chi connectivity index (χ4v) is 3.05. The van der Waals surface area contributed by atoms with Crippen LogP contribution >= 0.6 is 0 Å². The minimum absolute atomic E-state index is 0.602. The molecular weight excluding hydrogens is 318 g/mol. The number of hydrogen-bond acceptors (Lipinski definition) is 6. The Bertz CT molecular complexity index is 909. The lowest BCUT2D eigenvalue weighted by molar-refractivity contribution is 0.0594. The average Bonchev–Trinajstić information content (AvgIpc) is 3.18. The lowest BCUT2D eigenvalue weighted by atomic mass is 10.2. The summed E-state index contributed by atoms with van der Waals surface area (Å²) < 4.78 is 4.06. The quantitative estimate of drug-likeness (QED) is 0.500. The summed E-state index contributed by atoms with van der Waals surface area (Å²) >= 11 is 0. The number of pyridine rings is 1. The summed E-state index contributed by atoms with van der Waals surface area (Å²) in [6, 6.07) is 0. The van der Waals surface area contributed by atoms with Crippen molar-refractivity contribution in [2.24, 2.45) is 0 Å². The predicted octanol–water partition coefficient (Wildman–Crippen LogP) is 2.49. The topological polar surface area (TPSA) is 82.2 Å². The molecule has 0 aromatic carbocycles. The van der Waals surface area contributed by atoms with E-state index in [1.807, 2.05) is 13.8 Å². The van der Waals surface area contributed by atoms with Gasteiger partial charge in [0.05, 0.1) is 12.1 Å². The first-order valence-corrected chi connectivity index (χ1v) is 8.64. The van der Waals surface area contributed by atoms with Crippen LogP contribution in [0.1, 0.15) is 43.8 Å². The number of nitrogens with zero attached hydrogens (tertiary/aromatic N) is 6. The molecule has 25 heavy (non-hydrogen) atoms. The van der Waals surface area contributed by atoms with E-state index < -0.39 is 0 Å². The fourth-order valence-electron chi connectivity index (χ4n) is 3.05. The van der Waals surface area contributed by atoms with Gasteiger partial charge in [-0.3, -0.25) is 10.3 Å². The molecule has 0 bridgehead atoms. The summed E-state index contributed by atoms with van der Waals surface area (Å²) in [5.74, 6) is 1.07. The molecule has 1 N–H and O–H groups in total. The minimum atomic E-state index is 0.602. The lowest BCUT2D eigenvalue weighted by Gasteiger charge is -2.12. The van der Waals surface area contributed by atoms with Crippen LogP contribution in [0, 0.1) is 13.8 Å². The molecule has 3 aromatic rings. The van der Waals surface area contributed by atoms with Crippen LogP contribution < -0.4 is 5.48 Å². The first-order chi connectivity index (χ1) is 12.0. The van der Waals surface area contributed by atoms with Crippen molar-refractivity contribution in [1.29, 1.82) is 0 Å². The van der Waals surface area contributed by atoms with Gasteiger partial charge in [-0.2, -0.15) is 4.52 Å². The highest BCUT2D eigenvalue weighted by Crippen LogP contribution is 2.26. The molecule has 0 saturated carbocycles. The van der Waals surface area contributed by atoms with E-state index in [2.05, 4.69) is 46.0 Å². The number of rotatable bonds is 8. The predicted molar refractivity (Wildman–Crippen MR) is 96.1 cm³/mol. The monoisotopic (exact) mass is 343 g/mol. The molecule has 134 valence electrons. The fraction of sp³-hybridized carbons (Fsp3) is 0.529. The van der Waals surface area contributed by atoms with Crippen molar-refractivity contribution < 1.29 is 4.84 Å². The number of hydroxylamine groups is 1. The van der Waals surface area contributed by atoms with Crippen LogP contribution in [0.25, 0.3) is 16.7 Å². The molecule has 0 aliphatic carbocycles. The molecule has 8 nitrogen and oxygen atoms in total. The van der Waals surface area contributed by atoms with Gasteiger partial charge in [0.25, 0.3) is 0 Å². The van der Waals surface area contributed by atoms with E-state index in [0.717, 1.165) is 65.3 Å². The van der Waals surface area contributed by atoms with Gasteiger partial charge in [-0.15, -0.1) is 5.10 Å². The molecule has 3 rings (SSSR count). The maximum Gasteiger partial charge on any atom is 0.207 e. The van der Waals surface area contributed by atoms with Crippen molar-refractivity contribution in [1.82, 2.24) is 35.1 Å². The number of allylic oxidation sites excluding steroid dienone is 1. The van der Waals surface area contributed by atoms with Crippen LogP contribution in [-0.4, -0.2) is 36.2 Å². The van der Waals surface area contributed by atoms with Crippen molar-refractivity contribution in [3.63, 3.8) is 0 Å². The van der Waals surface area contributed by atoms with Crippen LogP contribution in [0.15, 0.2) is 12.3 Å². The second-order valence-corrected chi connectivity index (χ2v) is 6.34. The van der Waals surface area contributed by atoms with Crippen molar-refractivity contribution in [2.75, 3.05) is 6.61 Å². The molecule has 8 heteroatoms. The van der Waals surface area contributed by atoms with Gasteiger partial charge >= 0.3 is 0 Å². The largest absolute Gasteiger partial charge is 0.328 e. The minimum Gasteiger partial charge on any atom is -0.328 e. The van der Waals surface area contributed by atoms with Crippen LogP contribution in [-0.2, 0) is 17.8 Å². The third kappa shape index (κ3) is 3.21. The van der Waals surface area contributed by atoms with Crippen LogP contribution in [0.3, 0.4) is 0 Å². The Morgan fingerprint density at radius 1 is 1.32 bits per heavy atom. The normalized spacial score (nSPS) is 11.5. The molecule has 0 spiro atoms. The van der Waals surface area contributed by atoms with Crippen LogP contribution in [0.4, 0.5) is 0 Å². The molecule has 0 unspecified atom stereocenters. The molecule has 0 aliphatic heterocycles. The van der Waals surface area contributed by atoms with Gasteiger partial charge in [0.2, 0.25) is 5.65 Å². The summed E-state index contributed by atoms with van der Waals surface area (Å²) in [7, 11) is 0. The van der Waals surface area contributed by atoms with Gasteiger partial charge in [-0.25, -0.2) is 4.98 Å². The molecule has 3 aromatic heterocycles. The van der Waals surface area contributed by atoms with Gasteiger partial charge < -0.3 is 4.57 Å². The van der Waals surface area contributed by atoms with E-state index >= 15 is 0 Å². The highest BCUT2D eigenvalue weighted by Gasteiger charge is 2.19.